The number of hydrogen-bond acceptors (Lipinski definition) is 2. The van der Waals surface area contributed by atoms with Crippen molar-refractivity contribution >= 4 is 11.8 Å². The lowest BCUT2D eigenvalue weighted by Gasteiger charge is -2.21. The second-order valence-corrected chi connectivity index (χ2v) is 4.77. The minimum Gasteiger partial charge on any atom is -0.317 e. The summed E-state index contributed by atoms with van der Waals surface area (Å²) >= 11 is 2.16. The third kappa shape index (κ3) is 4.36. The molecule has 0 aromatic rings. The zero-order chi connectivity index (χ0) is 8.65. The topological polar surface area (TPSA) is 12.0 Å². The Bertz CT molecular complexity index is 100. The number of thioether (sulfide) groups is 1. The van der Waals surface area contributed by atoms with Gasteiger partial charge in [0.15, 0.2) is 0 Å². The van der Waals surface area contributed by atoms with E-state index in [9.17, 15) is 0 Å². The van der Waals surface area contributed by atoms with Crippen LogP contribution in [0, 0.1) is 5.92 Å². The molecule has 1 N–H and O–H groups in total. The lowest BCUT2D eigenvalue weighted by molar-refractivity contribution is 0.408. The molecule has 0 aromatic heterocycles. The van der Waals surface area contributed by atoms with Gasteiger partial charge in [0, 0.05) is 0 Å². The SMILES string of the molecule is CCCCSCC1CCNCC1. The maximum absolute atomic E-state index is 3.41. The third-order valence-corrected chi connectivity index (χ3v) is 3.74. The molecule has 2 heteroatoms. The van der Waals surface area contributed by atoms with E-state index in [0.717, 1.165) is 5.92 Å². The van der Waals surface area contributed by atoms with E-state index in [0.29, 0.717) is 0 Å². The van der Waals surface area contributed by atoms with E-state index in [4.69, 9.17) is 0 Å². The first-order valence-corrected chi connectivity index (χ1v) is 6.37. The van der Waals surface area contributed by atoms with Crippen LogP contribution in [0.1, 0.15) is 32.6 Å². The predicted molar refractivity (Wildman–Crippen MR) is 57.8 cm³/mol. The van der Waals surface area contributed by atoms with Gasteiger partial charge in [0.25, 0.3) is 0 Å². The minimum absolute atomic E-state index is 1.01. The average Bonchev–Trinajstić information content (AvgIpc) is 2.14. The molecule has 1 fully saturated rings. The quantitative estimate of drug-likeness (QED) is 0.664. The number of hydrogen-bond donors (Lipinski definition) is 1. The molecule has 0 spiro atoms. The molecule has 1 aliphatic heterocycles. The fraction of sp³-hybridized carbons (Fsp3) is 1.00. The van der Waals surface area contributed by atoms with Crippen LogP contribution in [0.15, 0.2) is 0 Å². The predicted octanol–water partition coefficient (Wildman–Crippen LogP) is 2.52. The van der Waals surface area contributed by atoms with E-state index in [1.807, 2.05) is 0 Å². The molecule has 0 aliphatic carbocycles. The van der Waals surface area contributed by atoms with Crippen LogP contribution in [-0.4, -0.2) is 24.6 Å². The molecule has 0 atom stereocenters. The Kier molecular flexibility index (Phi) is 5.88. The van der Waals surface area contributed by atoms with Gasteiger partial charge >= 0.3 is 0 Å². The summed E-state index contributed by atoms with van der Waals surface area (Å²) in [5, 5.41) is 3.41. The molecule has 0 aromatic carbocycles. The molecule has 12 heavy (non-hydrogen) atoms. The molecular formula is C10H21NS. The molecule has 1 rings (SSSR count). The Morgan fingerprint density at radius 2 is 2.08 bits per heavy atom. The number of unbranched alkanes of at least 4 members (excludes halogenated alkanes) is 1. The number of rotatable bonds is 5. The van der Waals surface area contributed by atoms with Crippen LogP contribution >= 0.6 is 11.8 Å². The van der Waals surface area contributed by atoms with E-state index in [1.54, 1.807) is 0 Å². The van der Waals surface area contributed by atoms with Gasteiger partial charge in [-0.2, -0.15) is 11.8 Å². The highest BCUT2D eigenvalue weighted by Crippen LogP contribution is 2.18. The third-order valence-electron chi connectivity index (χ3n) is 2.45. The second kappa shape index (κ2) is 6.79. The highest BCUT2D eigenvalue weighted by Gasteiger charge is 2.11. The molecule has 1 heterocycles. The Hall–Kier alpha value is 0.310. The fourth-order valence-electron chi connectivity index (χ4n) is 1.54. The molecular weight excluding hydrogens is 166 g/mol. The molecule has 0 radical (unpaired) electrons. The van der Waals surface area contributed by atoms with Gasteiger partial charge in [0.05, 0.1) is 0 Å². The van der Waals surface area contributed by atoms with Crippen LogP contribution in [0.25, 0.3) is 0 Å². The highest BCUT2D eigenvalue weighted by atomic mass is 32.2. The molecule has 0 saturated carbocycles. The van der Waals surface area contributed by atoms with Gasteiger partial charge in [0.1, 0.15) is 0 Å². The first-order chi connectivity index (χ1) is 5.93. The standard InChI is InChI=1S/C10H21NS/c1-2-3-8-12-9-10-4-6-11-7-5-10/h10-11H,2-9H2,1H3. The van der Waals surface area contributed by atoms with Gasteiger partial charge in [-0.05, 0) is 49.8 Å². The Balaban J connectivity index is 1.91. The van der Waals surface area contributed by atoms with Crippen molar-refractivity contribution in [3.63, 3.8) is 0 Å². The first-order valence-electron chi connectivity index (χ1n) is 5.22. The molecule has 1 nitrogen and oxygen atoms in total. The monoisotopic (exact) mass is 187 g/mol. The van der Waals surface area contributed by atoms with Crippen molar-refractivity contribution < 1.29 is 0 Å². The van der Waals surface area contributed by atoms with Crippen molar-refractivity contribution in [1.29, 1.82) is 0 Å². The van der Waals surface area contributed by atoms with E-state index in [-0.39, 0.29) is 0 Å². The summed E-state index contributed by atoms with van der Waals surface area (Å²) in [7, 11) is 0. The Morgan fingerprint density at radius 1 is 1.33 bits per heavy atom. The minimum atomic E-state index is 1.01. The maximum Gasteiger partial charge on any atom is -0.00382 e. The normalized spacial score (nSPS) is 19.8. The van der Waals surface area contributed by atoms with Crippen molar-refractivity contribution in [1.82, 2.24) is 5.32 Å². The molecule has 0 amide bonds. The van der Waals surface area contributed by atoms with Crippen LogP contribution < -0.4 is 5.32 Å². The van der Waals surface area contributed by atoms with Crippen LogP contribution in [0.2, 0.25) is 0 Å². The molecule has 0 bridgehead atoms. The van der Waals surface area contributed by atoms with Gasteiger partial charge in [-0.25, -0.2) is 0 Å². The second-order valence-electron chi connectivity index (χ2n) is 3.62. The van der Waals surface area contributed by atoms with Crippen molar-refractivity contribution in [2.24, 2.45) is 5.92 Å². The van der Waals surface area contributed by atoms with Crippen molar-refractivity contribution in [3.05, 3.63) is 0 Å². The molecule has 1 saturated heterocycles. The van der Waals surface area contributed by atoms with Crippen LogP contribution in [0.5, 0.6) is 0 Å². The van der Waals surface area contributed by atoms with Gasteiger partial charge < -0.3 is 5.32 Å². The van der Waals surface area contributed by atoms with Gasteiger partial charge in [-0.1, -0.05) is 13.3 Å². The number of piperidine rings is 1. The van der Waals surface area contributed by atoms with Gasteiger partial charge in [-0.3, -0.25) is 0 Å². The van der Waals surface area contributed by atoms with Crippen molar-refractivity contribution in [3.8, 4) is 0 Å². The lowest BCUT2D eigenvalue weighted by atomic mass is 10.0. The molecule has 0 unspecified atom stereocenters. The van der Waals surface area contributed by atoms with Crippen LogP contribution in [-0.2, 0) is 0 Å². The van der Waals surface area contributed by atoms with Gasteiger partial charge in [-0.15, -0.1) is 0 Å². The lowest BCUT2D eigenvalue weighted by Crippen LogP contribution is -2.28. The van der Waals surface area contributed by atoms with E-state index >= 15 is 0 Å². The van der Waals surface area contributed by atoms with Crippen molar-refractivity contribution in [2.75, 3.05) is 24.6 Å². The van der Waals surface area contributed by atoms with Crippen LogP contribution in [0.3, 0.4) is 0 Å². The molecule has 1 aliphatic rings. The smallest absolute Gasteiger partial charge is 0.00382 e. The maximum atomic E-state index is 3.41. The van der Waals surface area contributed by atoms with Crippen LogP contribution in [0.4, 0.5) is 0 Å². The summed E-state index contributed by atoms with van der Waals surface area (Å²) in [6.07, 6.45) is 5.55. The summed E-state index contributed by atoms with van der Waals surface area (Å²) in [5.74, 6) is 3.79. The van der Waals surface area contributed by atoms with E-state index in [1.165, 1.54) is 50.3 Å². The van der Waals surface area contributed by atoms with E-state index < -0.39 is 0 Å². The highest BCUT2D eigenvalue weighted by molar-refractivity contribution is 7.99. The average molecular weight is 187 g/mol. The Morgan fingerprint density at radius 3 is 2.75 bits per heavy atom. The number of nitrogens with one attached hydrogen (secondary N) is 1. The zero-order valence-electron chi connectivity index (χ0n) is 8.14. The summed E-state index contributed by atoms with van der Waals surface area (Å²) in [4.78, 5) is 0. The van der Waals surface area contributed by atoms with Gasteiger partial charge in [0.2, 0.25) is 0 Å². The summed E-state index contributed by atoms with van der Waals surface area (Å²) in [6, 6.07) is 0. The first kappa shape index (κ1) is 10.4. The summed E-state index contributed by atoms with van der Waals surface area (Å²) < 4.78 is 0. The summed E-state index contributed by atoms with van der Waals surface area (Å²) in [6.45, 7) is 4.77. The fourth-order valence-corrected chi connectivity index (χ4v) is 2.87. The Labute approximate surface area is 80.7 Å². The summed E-state index contributed by atoms with van der Waals surface area (Å²) in [5.41, 5.74) is 0. The van der Waals surface area contributed by atoms with Crippen molar-refractivity contribution in [2.45, 2.75) is 32.6 Å². The molecule has 72 valence electrons. The van der Waals surface area contributed by atoms with E-state index in [2.05, 4.69) is 24.0 Å². The zero-order valence-corrected chi connectivity index (χ0v) is 8.96. The largest absolute Gasteiger partial charge is 0.317 e.